The van der Waals surface area contributed by atoms with Crippen LogP contribution >= 0.6 is 0 Å². The van der Waals surface area contributed by atoms with Crippen LogP contribution in [0.3, 0.4) is 0 Å². The number of amides is 6. The molecule has 0 bridgehead atoms. The fourth-order valence-electron chi connectivity index (χ4n) is 5.15. The van der Waals surface area contributed by atoms with Crippen LogP contribution in [-0.2, 0) is 44.8 Å². The van der Waals surface area contributed by atoms with Gasteiger partial charge in [0.25, 0.3) is 0 Å². The van der Waals surface area contributed by atoms with Gasteiger partial charge >= 0.3 is 11.9 Å². The van der Waals surface area contributed by atoms with Crippen molar-refractivity contribution in [3.05, 3.63) is 48.3 Å². The van der Waals surface area contributed by atoms with E-state index in [1.807, 2.05) is 0 Å². The third-order valence-electron chi connectivity index (χ3n) is 8.12. The summed E-state index contributed by atoms with van der Waals surface area (Å²) in [5.74, 6) is -7.28. The maximum absolute atomic E-state index is 13.8. The third kappa shape index (κ3) is 16.4. The Hall–Kier alpha value is -5.68. The molecule has 286 valence electrons. The Labute approximate surface area is 301 Å². The number of hydrogen-bond donors (Lipinski definition) is 10. The average Bonchev–Trinajstić information content (AvgIpc) is 3.09. The van der Waals surface area contributed by atoms with Gasteiger partial charge < -0.3 is 53.2 Å². The first-order valence-corrected chi connectivity index (χ1v) is 17.1. The normalized spacial score (nSPS) is 20.7. The summed E-state index contributed by atoms with van der Waals surface area (Å²) in [6.07, 6.45) is 0.511. The van der Waals surface area contributed by atoms with Crippen molar-refractivity contribution in [2.45, 2.75) is 88.9 Å². The highest BCUT2D eigenvalue weighted by molar-refractivity contribution is 5.98. The molecule has 18 nitrogen and oxygen atoms in total. The van der Waals surface area contributed by atoms with Gasteiger partial charge in [0.15, 0.2) is 0 Å². The first-order chi connectivity index (χ1) is 24.7. The molecule has 1 heterocycles. The van der Waals surface area contributed by atoms with Crippen LogP contribution in [0.1, 0.15) is 63.9 Å². The Kier molecular flexibility index (Phi) is 18.1. The summed E-state index contributed by atoms with van der Waals surface area (Å²) < 4.78 is 0. The van der Waals surface area contributed by atoms with Crippen LogP contribution in [-0.4, -0.2) is 101 Å². The smallest absolute Gasteiger partial charge is 0.306 e. The lowest BCUT2D eigenvalue weighted by Crippen LogP contribution is -2.58. The van der Waals surface area contributed by atoms with Crippen molar-refractivity contribution in [3.63, 3.8) is 0 Å². The van der Waals surface area contributed by atoms with Gasteiger partial charge in [-0.2, -0.15) is 0 Å². The molecule has 5 atom stereocenters. The molecule has 1 aliphatic heterocycles. The quantitative estimate of drug-likeness (QED) is 0.0762. The fraction of sp³-hybridized carbons (Fsp3) is 0.529. The van der Waals surface area contributed by atoms with Crippen molar-refractivity contribution in [2.75, 3.05) is 19.6 Å². The monoisotopic (exact) mass is 730 g/mol. The zero-order valence-electron chi connectivity index (χ0n) is 29.2. The molecule has 18 heteroatoms. The highest BCUT2D eigenvalue weighted by atomic mass is 16.4. The van der Waals surface area contributed by atoms with Crippen LogP contribution in [0.5, 0.6) is 0 Å². The van der Waals surface area contributed by atoms with E-state index in [-0.39, 0.29) is 50.4 Å². The number of carboxylic acid groups (broad SMARTS) is 2. The Morgan fingerprint density at radius 1 is 0.808 bits per heavy atom. The van der Waals surface area contributed by atoms with Crippen LogP contribution in [0.25, 0.3) is 0 Å². The van der Waals surface area contributed by atoms with Gasteiger partial charge in [0.2, 0.25) is 35.4 Å². The van der Waals surface area contributed by atoms with Crippen molar-refractivity contribution in [3.8, 4) is 0 Å². The molecule has 0 aliphatic carbocycles. The molecule has 11 N–H and O–H groups in total. The molecule has 1 aliphatic rings. The fourth-order valence-corrected chi connectivity index (χ4v) is 5.15. The van der Waals surface area contributed by atoms with Gasteiger partial charge in [0.1, 0.15) is 24.2 Å². The van der Waals surface area contributed by atoms with Crippen LogP contribution in [0, 0.1) is 5.92 Å². The van der Waals surface area contributed by atoms with Crippen molar-refractivity contribution in [1.82, 2.24) is 37.2 Å². The molecular weight excluding hydrogens is 680 g/mol. The third-order valence-corrected chi connectivity index (χ3v) is 8.12. The van der Waals surface area contributed by atoms with Crippen molar-refractivity contribution in [1.29, 1.82) is 0 Å². The molecule has 1 aromatic carbocycles. The van der Waals surface area contributed by atoms with Crippen LogP contribution in [0.2, 0.25) is 0 Å². The number of hydrogen-bond acceptors (Lipinski definition) is 10. The number of unbranched alkanes of at least 4 members (excludes halogenated alkanes) is 1. The second-order valence-corrected chi connectivity index (χ2v) is 12.5. The maximum atomic E-state index is 13.8. The van der Waals surface area contributed by atoms with E-state index >= 15 is 0 Å². The minimum absolute atomic E-state index is 0.0237. The summed E-state index contributed by atoms with van der Waals surface area (Å²) in [6, 6.07) is 3.34. The molecule has 6 amide bonds. The summed E-state index contributed by atoms with van der Waals surface area (Å²) in [5, 5.41) is 36.5. The maximum Gasteiger partial charge on any atom is 0.306 e. The minimum atomic E-state index is -1.59. The van der Waals surface area contributed by atoms with Crippen molar-refractivity contribution in [2.24, 2.45) is 11.7 Å². The van der Waals surface area contributed by atoms with Crippen molar-refractivity contribution < 1.29 is 48.6 Å². The standard InChI is InChI=1S/C34H50N8O10/c1-20(34(51)52)13-14-27(43)37-15-7-6-11-24-31(48)40-23(12-8-16-36-21(2)35)30(47)38-19-28(44)39-26(18-29(45)46)33(50)42-25(32(49)41-24)17-22-9-4-3-5-10-22/h3-5,9-10,20,23-26,36H,2,6-8,11-19,35H2,1H3,(H,37,43)(H,38,47)(H,39,44)(H,40,48)(H,41,49)(H,42,50)(H,45,46)(H,51,52)/t20-,23-,24-,25+,26?/m0/s1. The molecule has 2 rings (SSSR count). The number of nitrogens with one attached hydrogen (secondary N) is 7. The van der Waals surface area contributed by atoms with Crippen LogP contribution < -0.4 is 43.0 Å². The van der Waals surface area contributed by atoms with Crippen molar-refractivity contribution >= 4 is 47.4 Å². The summed E-state index contributed by atoms with van der Waals surface area (Å²) in [6.45, 7) is 4.93. The highest BCUT2D eigenvalue weighted by Crippen LogP contribution is 2.10. The van der Waals surface area contributed by atoms with Gasteiger partial charge in [0.05, 0.1) is 24.7 Å². The molecular formula is C34H50N8O10. The molecule has 1 aromatic rings. The van der Waals surface area contributed by atoms with Gasteiger partial charge in [-0.3, -0.25) is 38.4 Å². The topological polar surface area (TPSA) is 287 Å². The molecule has 52 heavy (non-hydrogen) atoms. The summed E-state index contributed by atoms with van der Waals surface area (Å²) in [4.78, 5) is 102. The average molecular weight is 731 g/mol. The molecule has 0 radical (unpaired) electrons. The number of carbonyl (C=O) groups excluding carboxylic acids is 6. The lowest BCUT2D eigenvalue weighted by atomic mass is 10.0. The molecule has 0 spiro atoms. The number of rotatable bonds is 18. The highest BCUT2D eigenvalue weighted by Gasteiger charge is 2.33. The van der Waals surface area contributed by atoms with E-state index in [1.54, 1.807) is 30.3 Å². The summed E-state index contributed by atoms with van der Waals surface area (Å²) in [5.41, 5.74) is 6.18. The molecule has 1 unspecified atom stereocenters. The number of carbonyl (C=O) groups is 8. The second-order valence-electron chi connectivity index (χ2n) is 12.5. The number of carboxylic acids is 2. The molecule has 1 fully saturated rings. The Balaban J connectivity index is 2.34. The predicted octanol–water partition coefficient (Wildman–Crippen LogP) is -1.64. The number of nitrogens with two attached hydrogens (primary N) is 1. The van der Waals surface area contributed by atoms with E-state index in [0.29, 0.717) is 31.4 Å². The van der Waals surface area contributed by atoms with E-state index in [9.17, 15) is 43.5 Å². The Bertz CT molecular complexity index is 1440. The zero-order valence-corrected chi connectivity index (χ0v) is 29.2. The summed E-state index contributed by atoms with van der Waals surface area (Å²) in [7, 11) is 0. The number of benzene rings is 1. The van der Waals surface area contributed by atoms with E-state index in [2.05, 4.69) is 43.8 Å². The van der Waals surface area contributed by atoms with Gasteiger partial charge in [0, 0.05) is 25.9 Å². The lowest BCUT2D eigenvalue weighted by molar-refractivity contribution is -0.142. The van der Waals surface area contributed by atoms with Crippen LogP contribution in [0.4, 0.5) is 0 Å². The van der Waals surface area contributed by atoms with Gasteiger partial charge in [-0.25, -0.2) is 0 Å². The van der Waals surface area contributed by atoms with E-state index in [4.69, 9.17) is 10.8 Å². The van der Waals surface area contributed by atoms with E-state index in [0.717, 1.165) is 0 Å². The SMILES string of the molecule is C=C(N)NCCC[C@@H]1NC(=O)[C@H](CCCCNC(=O)CC[C@H](C)C(=O)O)NC(=O)[C@@H](Cc2ccccc2)NC(=O)C(CC(=O)O)NC(=O)CNC1=O. The Morgan fingerprint density at radius 3 is 2.02 bits per heavy atom. The Morgan fingerprint density at radius 2 is 1.38 bits per heavy atom. The first kappa shape index (κ1) is 42.5. The molecule has 0 aromatic heterocycles. The van der Waals surface area contributed by atoms with Crippen LogP contribution in [0.15, 0.2) is 42.7 Å². The largest absolute Gasteiger partial charge is 0.481 e. The minimum Gasteiger partial charge on any atom is -0.481 e. The zero-order chi connectivity index (χ0) is 38.6. The second kappa shape index (κ2) is 22.2. The van der Waals surface area contributed by atoms with E-state index in [1.165, 1.54) is 6.92 Å². The lowest BCUT2D eigenvalue weighted by Gasteiger charge is -2.26. The van der Waals surface area contributed by atoms with E-state index < -0.39 is 84.5 Å². The molecule has 0 saturated carbocycles. The first-order valence-electron chi connectivity index (χ1n) is 17.1. The van der Waals surface area contributed by atoms with Gasteiger partial charge in [-0.1, -0.05) is 43.8 Å². The number of aliphatic carboxylic acids is 2. The van der Waals surface area contributed by atoms with Gasteiger partial charge in [-0.15, -0.1) is 0 Å². The van der Waals surface area contributed by atoms with Gasteiger partial charge in [-0.05, 0) is 44.1 Å². The molecule has 1 saturated heterocycles. The predicted molar refractivity (Wildman–Crippen MR) is 187 cm³/mol. The summed E-state index contributed by atoms with van der Waals surface area (Å²) >= 11 is 0.